The van der Waals surface area contributed by atoms with E-state index in [1.54, 1.807) is 13.8 Å². The molecular weight excluding hydrogens is 556 g/mol. The van der Waals surface area contributed by atoms with Gasteiger partial charge in [-0.05, 0) is 19.4 Å². The summed E-state index contributed by atoms with van der Waals surface area (Å²) in [6.07, 6.45) is -14.4. The van der Waals surface area contributed by atoms with E-state index in [9.17, 15) is 25.5 Å². The molecule has 6 aliphatic rings. The van der Waals surface area contributed by atoms with Crippen molar-refractivity contribution in [3.8, 4) is 0 Å². The highest BCUT2D eigenvalue weighted by Gasteiger charge is 2.57. The summed E-state index contributed by atoms with van der Waals surface area (Å²) in [5, 5.41) is 58.4. The Balaban J connectivity index is 1.15. The molecule has 232 valence electrons. The maximum absolute atomic E-state index is 11.3. The smallest absolute Gasteiger partial charge is 0.189 e. The number of azide groups is 1. The number of ether oxygens (including phenoxy) is 9. The van der Waals surface area contributed by atoms with Crippen LogP contribution < -0.4 is 0 Å². The molecule has 0 aromatic carbocycles. The second kappa shape index (κ2) is 11.7. The maximum atomic E-state index is 11.3. The second-order valence-electron chi connectivity index (χ2n) is 11.4. The zero-order valence-corrected chi connectivity index (χ0v) is 22.4. The van der Waals surface area contributed by atoms with Gasteiger partial charge < -0.3 is 68.2 Å². The maximum Gasteiger partial charge on any atom is 0.189 e. The summed E-state index contributed by atoms with van der Waals surface area (Å²) in [6.45, 7) is 2.67. The van der Waals surface area contributed by atoms with Gasteiger partial charge in [0.05, 0.1) is 30.5 Å². The van der Waals surface area contributed by atoms with E-state index in [2.05, 4.69) is 10.0 Å². The van der Waals surface area contributed by atoms with Crippen molar-refractivity contribution >= 4 is 0 Å². The van der Waals surface area contributed by atoms with Gasteiger partial charge in [0.2, 0.25) is 0 Å². The minimum atomic E-state index is -1.31. The van der Waals surface area contributed by atoms with Gasteiger partial charge >= 0.3 is 0 Å². The molecule has 0 aromatic heterocycles. The molecule has 0 radical (unpaired) electrons. The van der Waals surface area contributed by atoms with Gasteiger partial charge in [0.15, 0.2) is 38.2 Å². The quantitative estimate of drug-likeness (QED) is 0.0956. The van der Waals surface area contributed by atoms with Gasteiger partial charge in [-0.25, -0.2) is 0 Å². The number of nitrogens with zero attached hydrogens (tertiary/aromatic N) is 4. The Hall–Kier alpha value is -1.29. The first-order valence-electron chi connectivity index (χ1n) is 13.5. The van der Waals surface area contributed by atoms with Crippen LogP contribution >= 0.6 is 0 Å². The number of rotatable bonds is 10. The average molecular weight is 593 g/mol. The second-order valence-corrected chi connectivity index (χ2v) is 11.4. The van der Waals surface area contributed by atoms with E-state index in [0.29, 0.717) is 0 Å². The summed E-state index contributed by atoms with van der Waals surface area (Å²) in [5.41, 5.74) is 9.16. The van der Waals surface area contributed by atoms with Crippen molar-refractivity contribution in [2.45, 2.75) is 112 Å². The molecule has 0 unspecified atom stereocenters. The van der Waals surface area contributed by atoms with Gasteiger partial charge in [0, 0.05) is 24.5 Å². The highest BCUT2D eigenvalue weighted by atomic mass is 16.8. The lowest BCUT2D eigenvalue weighted by Gasteiger charge is -2.35. The van der Waals surface area contributed by atoms with Crippen LogP contribution in [0.25, 0.3) is 10.4 Å². The Morgan fingerprint density at radius 3 is 1.73 bits per heavy atom. The fourth-order valence-electron chi connectivity index (χ4n) is 6.30. The molecule has 0 spiro atoms. The zero-order chi connectivity index (χ0) is 29.1. The van der Waals surface area contributed by atoms with Crippen molar-refractivity contribution in [2.75, 3.05) is 33.2 Å². The van der Waals surface area contributed by atoms with E-state index in [4.69, 9.17) is 48.2 Å². The van der Waals surface area contributed by atoms with Crippen molar-refractivity contribution in [2.24, 2.45) is 5.11 Å². The van der Waals surface area contributed by atoms with Crippen molar-refractivity contribution in [3.63, 3.8) is 0 Å². The molecule has 0 aromatic rings. The third kappa shape index (κ3) is 5.69. The summed E-state index contributed by atoms with van der Waals surface area (Å²) in [5.74, 6) is -0.976. The molecule has 6 heterocycles. The monoisotopic (exact) mass is 592 g/mol. The Morgan fingerprint density at radius 2 is 1.24 bits per heavy atom. The fraction of sp³-hybridized carbons (Fsp3) is 1.00. The van der Waals surface area contributed by atoms with E-state index in [1.165, 1.54) is 4.90 Å². The fourth-order valence-corrected chi connectivity index (χ4v) is 6.30. The molecule has 0 bridgehead atoms. The normalized spacial score (nSPS) is 46.7. The minimum absolute atomic E-state index is 0.0425. The van der Waals surface area contributed by atoms with Gasteiger partial charge in [0.1, 0.15) is 42.7 Å². The first-order valence-corrected chi connectivity index (χ1v) is 13.5. The van der Waals surface area contributed by atoms with Gasteiger partial charge in [0.25, 0.3) is 0 Å². The molecule has 6 saturated heterocycles. The first kappa shape index (κ1) is 29.8. The molecule has 6 fully saturated rings. The third-order valence-corrected chi connectivity index (χ3v) is 8.16. The minimum Gasteiger partial charge on any atom is -0.389 e. The SMILES string of the molecule is CC1(C)O[C@H]2O[C@H]([C@H](O)CN(C[C@@H](O)[C@@H]3O[C@H]4OCO[C@H]4[C@@H]3O)C[C@@H](O)[C@@H]3O[C@H]4OCO[C@H]4[C@@H]3O)[C@H](N=[N+]=[N-])[C@H]2O1. The molecule has 6 rings (SSSR count). The number of hydrogen-bond donors (Lipinski definition) is 5. The number of aliphatic hydroxyl groups excluding tert-OH is 5. The largest absolute Gasteiger partial charge is 0.389 e. The third-order valence-electron chi connectivity index (χ3n) is 8.16. The van der Waals surface area contributed by atoms with Crippen molar-refractivity contribution < 1.29 is 68.2 Å². The molecule has 0 saturated carbocycles. The van der Waals surface area contributed by atoms with Crippen molar-refractivity contribution in [3.05, 3.63) is 10.4 Å². The van der Waals surface area contributed by atoms with Gasteiger partial charge in [-0.3, -0.25) is 4.90 Å². The summed E-state index contributed by atoms with van der Waals surface area (Å²) >= 11 is 0. The average Bonchev–Trinajstić information content (AvgIpc) is 3.72. The molecule has 15 atom stereocenters. The molecule has 41 heavy (non-hydrogen) atoms. The zero-order valence-electron chi connectivity index (χ0n) is 22.4. The van der Waals surface area contributed by atoms with Crippen molar-refractivity contribution in [1.82, 2.24) is 4.90 Å². The van der Waals surface area contributed by atoms with Gasteiger partial charge in [-0.15, -0.1) is 0 Å². The molecule has 6 aliphatic heterocycles. The molecule has 18 nitrogen and oxygen atoms in total. The van der Waals surface area contributed by atoms with Crippen molar-refractivity contribution in [1.29, 1.82) is 0 Å². The van der Waals surface area contributed by atoms with E-state index < -0.39 is 97.8 Å². The molecular formula is C23H36N4O14. The van der Waals surface area contributed by atoms with Crippen LogP contribution in [0.2, 0.25) is 0 Å². The van der Waals surface area contributed by atoms with E-state index in [1.807, 2.05) is 0 Å². The van der Waals surface area contributed by atoms with Gasteiger partial charge in [-0.2, -0.15) is 0 Å². The van der Waals surface area contributed by atoms with E-state index in [0.717, 1.165) is 0 Å². The lowest BCUT2D eigenvalue weighted by Crippen LogP contribution is -2.53. The Kier molecular flexibility index (Phi) is 8.47. The van der Waals surface area contributed by atoms with Crippen LogP contribution in [0.5, 0.6) is 0 Å². The summed E-state index contributed by atoms with van der Waals surface area (Å²) < 4.78 is 49.9. The topological polar surface area (TPSA) is 236 Å². The Labute approximate surface area is 234 Å². The molecule has 5 N–H and O–H groups in total. The molecule has 0 aliphatic carbocycles. The highest BCUT2D eigenvalue weighted by molar-refractivity contribution is 5.02. The Morgan fingerprint density at radius 1 is 0.756 bits per heavy atom. The van der Waals surface area contributed by atoms with Crippen LogP contribution in [0.4, 0.5) is 0 Å². The lowest BCUT2D eigenvalue weighted by atomic mass is 10.0. The summed E-state index contributed by atoms with van der Waals surface area (Å²) in [7, 11) is 0. The molecule has 0 amide bonds. The van der Waals surface area contributed by atoms with Crippen LogP contribution in [0.15, 0.2) is 5.11 Å². The van der Waals surface area contributed by atoms with Crippen LogP contribution in [-0.2, 0) is 42.6 Å². The molecule has 18 heteroatoms. The predicted molar refractivity (Wildman–Crippen MR) is 127 cm³/mol. The van der Waals surface area contributed by atoms with Crippen LogP contribution in [0.3, 0.4) is 0 Å². The van der Waals surface area contributed by atoms with E-state index >= 15 is 0 Å². The summed E-state index contributed by atoms with van der Waals surface area (Å²) in [4.78, 5) is 4.37. The number of aliphatic hydroxyl groups is 5. The van der Waals surface area contributed by atoms with Crippen LogP contribution in [0.1, 0.15) is 13.8 Å². The predicted octanol–water partition coefficient (Wildman–Crippen LogP) is -3.16. The van der Waals surface area contributed by atoms with Crippen LogP contribution in [0, 0.1) is 0 Å². The number of fused-ring (bicyclic) bond motifs is 3. The summed E-state index contributed by atoms with van der Waals surface area (Å²) in [6, 6.07) is -0.930. The highest BCUT2D eigenvalue weighted by Crippen LogP contribution is 2.40. The standard InChI is InChI=1S/C23H36N4O14/c1-23(2)40-17-11(25-26-24)14(37-22(17)41-23)8(28)3-27(4-9(29)15-12(31)18-20(38-15)35-6-33-18)5-10(30)16-13(32)19-21(39-16)36-7-34-19/h8-22,28-32H,3-7H2,1-2H3/t8-,9-,10-,11+,12-,13-,14-,15+,16+,17-,18+,19+,20-,21-,22-/m1/s1. The first-order chi connectivity index (χ1) is 19.6. The van der Waals surface area contributed by atoms with Crippen LogP contribution in [-0.4, -0.2) is 161 Å². The number of hydrogen-bond acceptors (Lipinski definition) is 16. The Bertz CT molecular complexity index is 948. The van der Waals surface area contributed by atoms with E-state index in [-0.39, 0.29) is 33.2 Å². The lowest BCUT2D eigenvalue weighted by molar-refractivity contribution is -0.217. The van der Waals surface area contributed by atoms with Gasteiger partial charge in [-0.1, -0.05) is 5.11 Å².